The smallest absolute Gasteiger partial charge is 0.113 e. The zero-order chi connectivity index (χ0) is 12.5. The van der Waals surface area contributed by atoms with Gasteiger partial charge in [-0.15, -0.1) is 0 Å². The van der Waals surface area contributed by atoms with E-state index in [1.807, 2.05) is 0 Å². The minimum atomic E-state index is -0.172. The lowest BCUT2D eigenvalue weighted by Crippen LogP contribution is -2.39. The van der Waals surface area contributed by atoms with Crippen LogP contribution in [0.1, 0.15) is 19.4 Å². The Morgan fingerprint density at radius 3 is 2.41 bits per heavy atom. The molecule has 1 N–H and O–H groups in total. The van der Waals surface area contributed by atoms with Crippen LogP contribution in [0.5, 0.6) is 0 Å². The van der Waals surface area contributed by atoms with Crippen molar-refractivity contribution in [3.05, 3.63) is 29.8 Å². The fraction of sp³-hybridized carbons (Fsp3) is 0.571. The molecule has 0 bridgehead atoms. The molecule has 0 radical (unpaired) electrons. The first-order valence-corrected chi connectivity index (χ1v) is 6.14. The van der Waals surface area contributed by atoms with Gasteiger partial charge in [0.1, 0.15) is 5.72 Å². The lowest BCUT2D eigenvalue weighted by Gasteiger charge is -2.18. The molecule has 0 amide bonds. The minimum absolute atomic E-state index is 0.172. The van der Waals surface area contributed by atoms with Gasteiger partial charge in [0.05, 0.1) is 6.61 Å². The van der Waals surface area contributed by atoms with Crippen LogP contribution in [0.3, 0.4) is 0 Å². The summed E-state index contributed by atoms with van der Waals surface area (Å²) >= 11 is 0. The number of hydrogen-bond acceptors (Lipinski definition) is 3. The largest absolute Gasteiger partial charge is 0.378 e. The maximum atomic E-state index is 5.67. The Kier molecular flexibility index (Phi) is 3.40. The molecule has 0 aromatic heterocycles. The molecule has 3 nitrogen and oxygen atoms in total. The van der Waals surface area contributed by atoms with Crippen molar-refractivity contribution in [3.63, 3.8) is 0 Å². The highest BCUT2D eigenvalue weighted by Crippen LogP contribution is 2.19. The number of ether oxygens (including phenoxy) is 1. The van der Waals surface area contributed by atoms with Crippen LogP contribution < -0.4 is 10.2 Å². The Morgan fingerprint density at radius 2 is 1.94 bits per heavy atom. The molecule has 0 unspecified atom stereocenters. The molecule has 1 fully saturated rings. The van der Waals surface area contributed by atoms with E-state index >= 15 is 0 Å². The molecule has 1 aliphatic heterocycles. The lowest BCUT2D eigenvalue weighted by molar-refractivity contribution is 0.0231. The van der Waals surface area contributed by atoms with Gasteiger partial charge in [0, 0.05) is 25.8 Å². The Morgan fingerprint density at radius 1 is 1.29 bits per heavy atom. The summed E-state index contributed by atoms with van der Waals surface area (Å²) < 4.78 is 5.67. The van der Waals surface area contributed by atoms with Crippen LogP contribution in [0.25, 0.3) is 0 Å². The average molecular weight is 234 g/mol. The lowest BCUT2D eigenvalue weighted by atomic mass is 10.1. The molecule has 1 aromatic carbocycles. The van der Waals surface area contributed by atoms with Crippen molar-refractivity contribution in [1.82, 2.24) is 5.32 Å². The molecule has 17 heavy (non-hydrogen) atoms. The van der Waals surface area contributed by atoms with E-state index in [0.717, 1.165) is 13.0 Å². The maximum Gasteiger partial charge on any atom is 0.113 e. The number of hydrogen-bond donors (Lipinski definition) is 1. The summed E-state index contributed by atoms with van der Waals surface area (Å²) in [5, 5.41) is 3.48. The van der Waals surface area contributed by atoms with Crippen molar-refractivity contribution in [2.75, 3.05) is 25.6 Å². The summed E-state index contributed by atoms with van der Waals surface area (Å²) in [4.78, 5) is 2.11. The second-order valence-electron chi connectivity index (χ2n) is 5.43. The third kappa shape index (κ3) is 3.20. The number of nitrogens with one attached hydrogen (secondary N) is 1. The summed E-state index contributed by atoms with van der Waals surface area (Å²) in [7, 11) is 4.12. The van der Waals surface area contributed by atoms with Crippen molar-refractivity contribution in [3.8, 4) is 0 Å². The molecule has 3 heteroatoms. The fourth-order valence-corrected chi connectivity index (χ4v) is 2.21. The molecule has 1 atom stereocenters. The van der Waals surface area contributed by atoms with Crippen LogP contribution in [0, 0.1) is 0 Å². The van der Waals surface area contributed by atoms with Gasteiger partial charge in [0.15, 0.2) is 0 Å². The number of nitrogens with zero attached hydrogens (tertiary/aromatic N) is 1. The van der Waals surface area contributed by atoms with Crippen LogP contribution in [0.2, 0.25) is 0 Å². The minimum Gasteiger partial charge on any atom is -0.378 e. The third-order valence-corrected chi connectivity index (χ3v) is 3.13. The van der Waals surface area contributed by atoms with Crippen molar-refractivity contribution in [2.24, 2.45) is 0 Å². The van der Waals surface area contributed by atoms with Gasteiger partial charge in [0.25, 0.3) is 0 Å². The van der Waals surface area contributed by atoms with Crippen molar-refractivity contribution in [2.45, 2.75) is 32.0 Å². The summed E-state index contributed by atoms with van der Waals surface area (Å²) in [6.45, 7) is 4.94. The molecule has 2 rings (SSSR count). The predicted octanol–water partition coefficient (Wildman–Crippen LogP) is 2.02. The molecular weight excluding hydrogens is 212 g/mol. The van der Waals surface area contributed by atoms with Crippen molar-refractivity contribution >= 4 is 5.69 Å². The first-order valence-electron chi connectivity index (χ1n) is 6.14. The highest BCUT2D eigenvalue weighted by Gasteiger charge is 2.30. The SMILES string of the molecule is CN(C)c1ccc(C[C@H]2COC(C)(C)N2)cc1. The quantitative estimate of drug-likeness (QED) is 0.866. The number of benzene rings is 1. The zero-order valence-corrected chi connectivity index (χ0v) is 11.2. The second-order valence-corrected chi connectivity index (χ2v) is 5.43. The van der Waals surface area contributed by atoms with Gasteiger partial charge in [-0.25, -0.2) is 0 Å². The van der Waals surface area contributed by atoms with Crippen LogP contribution >= 0.6 is 0 Å². The average Bonchev–Trinajstić information content (AvgIpc) is 2.59. The first-order chi connectivity index (χ1) is 7.96. The summed E-state index contributed by atoms with van der Waals surface area (Å²) in [5.74, 6) is 0. The Hall–Kier alpha value is -1.06. The standard InChI is InChI=1S/C14H22N2O/c1-14(2)15-12(10-17-14)9-11-5-7-13(8-6-11)16(3)4/h5-8,12,15H,9-10H2,1-4H3/t12-/m0/s1. The summed E-state index contributed by atoms with van der Waals surface area (Å²) in [6.07, 6.45) is 1.02. The van der Waals surface area contributed by atoms with Crippen molar-refractivity contribution < 1.29 is 4.74 Å². The molecule has 0 spiro atoms. The monoisotopic (exact) mass is 234 g/mol. The van der Waals surface area contributed by atoms with Gasteiger partial charge < -0.3 is 9.64 Å². The Balaban J connectivity index is 1.96. The van der Waals surface area contributed by atoms with E-state index in [9.17, 15) is 0 Å². The van der Waals surface area contributed by atoms with Gasteiger partial charge in [-0.05, 0) is 38.0 Å². The Labute approximate surface area is 104 Å². The first kappa shape index (κ1) is 12.4. The van der Waals surface area contributed by atoms with Gasteiger partial charge in [-0.1, -0.05) is 12.1 Å². The molecular formula is C14H22N2O. The van der Waals surface area contributed by atoms with E-state index in [0.29, 0.717) is 6.04 Å². The summed E-state index contributed by atoms with van der Waals surface area (Å²) in [6, 6.07) is 9.15. The fourth-order valence-electron chi connectivity index (χ4n) is 2.21. The highest BCUT2D eigenvalue weighted by atomic mass is 16.5. The van der Waals surface area contributed by atoms with E-state index in [-0.39, 0.29) is 5.72 Å². The molecule has 1 aliphatic rings. The predicted molar refractivity (Wildman–Crippen MR) is 71.4 cm³/mol. The topological polar surface area (TPSA) is 24.5 Å². The maximum absolute atomic E-state index is 5.67. The van der Waals surface area contributed by atoms with Crippen molar-refractivity contribution in [1.29, 1.82) is 0 Å². The second kappa shape index (κ2) is 4.67. The molecule has 0 saturated carbocycles. The van der Waals surface area contributed by atoms with E-state index < -0.39 is 0 Å². The van der Waals surface area contributed by atoms with E-state index in [1.54, 1.807) is 0 Å². The van der Waals surface area contributed by atoms with Crippen LogP contribution in [0.4, 0.5) is 5.69 Å². The van der Waals surface area contributed by atoms with Crippen LogP contribution in [-0.4, -0.2) is 32.5 Å². The van der Waals surface area contributed by atoms with Gasteiger partial charge in [-0.2, -0.15) is 0 Å². The normalized spacial score (nSPS) is 22.7. The summed E-state index contributed by atoms with van der Waals surface area (Å²) in [5.41, 5.74) is 2.42. The molecule has 1 aromatic rings. The van der Waals surface area contributed by atoms with Crippen LogP contribution in [-0.2, 0) is 11.2 Å². The van der Waals surface area contributed by atoms with Crippen LogP contribution in [0.15, 0.2) is 24.3 Å². The van der Waals surface area contributed by atoms with Gasteiger partial charge >= 0.3 is 0 Å². The van der Waals surface area contributed by atoms with Gasteiger partial charge in [-0.3, -0.25) is 5.32 Å². The van der Waals surface area contributed by atoms with E-state index in [4.69, 9.17) is 4.74 Å². The molecule has 0 aliphatic carbocycles. The molecule has 1 saturated heterocycles. The molecule has 1 heterocycles. The zero-order valence-electron chi connectivity index (χ0n) is 11.2. The highest BCUT2D eigenvalue weighted by molar-refractivity contribution is 5.46. The van der Waals surface area contributed by atoms with E-state index in [2.05, 4.69) is 62.4 Å². The number of rotatable bonds is 3. The Bertz CT molecular complexity index is 370. The van der Waals surface area contributed by atoms with E-state index in [1.165, 1.54) is 11.3 Å². The third-order valence-electron chi connectivity index (χ3n) is 3.13. The van der Waals surface area contributed by atoms with Gasteiger partial charge in [0.2, 0.25) is 0 Å². The number of anilines is 1. The molecule has 94 valence electrons.